The Balaban J connectivity index is 1.78. The number of carbonyl (C=O) groups excluding carboxylic acids is 1. The van der Waals surface area contributed by atoms with Crippen molar-refractivity contribution in [1.29, 1.82) is 0 Å². The van der Waals surface area contributed by atoms with Crippen LogP contribution in [0.2, 0.25) is 0 Å². The molecule has 1 heterocycles. The summed E-state index contributed by atoms with van der Waals surface area (Å²) in [7, 11) is 1.66. The van der Waals surface area contributed by atoms with Gasteiger partial charge in [0.05, 0.1) is 19.3 Å². The second kappa shape index (κ2) is 8.17. The first kappa shape index (κ1) is 17.5. The van der Waals surface area contributed by atoms with Crippen LogP contribution in [0.3, 0.4) is 0 Å². The lowest BCUT2D eigenvalue weighted by Gasteiger charge is -2.25. The molecule has 1 saturated heterocycles. The van der Waals surface area contributed by atoms with Gasteiger partial charge in [-0.15, -0.1) is 0 Å². The second-order valence-corrected chi connectivity index (χ2v) is 6.29. The van der Waals surface area contributed by atoms with Crippen LogP contribution in [0.1, 0.15) is 47.3 Å². The molecule has 1 aliphatic rings. The largest absolute Gasteiger partial charge is 0.494 e. The number of rotatable bonds is 6. The highest BCUT2D eigenvalue weighted by molar-refractivity contribution is 5.94. The molecule has 4 heteroatoms. The van der Waals surface area contributed by atoms with Gasteiger partial charge in [0.15, 0.2) is 0 Å². The first-order chi connectivity index (χ1) is 12.2. The standard InChI is InChI=1S/C21H25NO3/c1-3-25-19-11-9-17(10-12-19)20-8-5-13-22(20)21(23)18-7-4-6-16(14-18)15-24-2/h4,6-7,9-12,14,20H,3,5,8,13,15H2,1-2H3. The Hall–Kier alpha value is -2.33. The Morgan fingerprint density at radius 1 is 1.20 bits per heavy atom. The predicted molar refractivity (Wildman–Crippen MR) is 97.8 cm³/mol. The van der Waals surface area contributed by atoms with Gasteiger partial charge < -0.3 is 14.4 Å². The van der Waals surface area contributed by atoms with Crippen LogP contribution in [0, 0.1) is 0 Å². The summed E-state index contributed by atoms with van der Waals surface area (Å²) in [6.07, 6.45) is 2.03. The van der Waals surface area contributed by atoms with E-state index in [0.717, 1.165) is 36.3 Å². The van der Waals surface area contributed by atoms with Crippen LogP contribution in [0.5, 0.6) is 5.75 Å². The molecule has 1 atom stereocenters. The van der Waals surface area contributed by atoms with Crippen LogP contribution in [0.15, 0.2) is 48.5 Å². The maximum Gasteiger partial charge on any atom is 0.254 e. The quantitative estimate of drug-likeness (QED) is 0.791. The average molecular weight is 339 g/mol. The molecular formula is C21H25NO3. The van der Waals surface area contributed by atoms with Crippen molar-refractivity contribution in [2.75, 3.05) is 20.3 Å². The number of amides is 1. The first-order valence-corrected chi connectivity index (χ1v) is 8.84. The third-order valence-electron chi connectivity index (χ3n) is 4.57. The Kier molecular flexibility index (Phi) is 5.71. The van der Waals surface area contributed by atoms with Gasteiger partial charge in [0.1, 0.15) is 5.75 Å². The average Bonchev–Trinajstić information content (AvgIpc) is 3.12. The van der Waals surface area contributed by atoms with Crippen molar-refractivity contribution in [2.45, 2.75) is 32.4 Å². The van der Waals surface area contributed by atoms with E-state index in [-0.39, 0.29) is 11.9 Å². The van der Waals surface area contributed by atoms with E-state index < -0.39 is 0 Å². The zero-order chi connectivity index (χ0) is 17.6. The minimum absolute atomic E-state index is 0.0920. The molecule has 1 aliphatic heterocycles. The number of ether oxygens (including phenoxy) is 2. The second-order valence-electron chi connectivity index (χ2n) is 6.29. The van der Waals surface area contributed by atoms with Crippen LogP contribution < -0.4 is 4.74 Å². The van der Waals surface area contributed by atoms with Gasteiger partial charge in [-0.1, -0.05) is 24.3 Å². The summed E-state index contributed by atoms with van der Waals surface area (Å²) in [5.74, 6) is 0.962. The van der Waals surface area contributed by atoms with Gasteiger partial charge in [0.25, 0.3) is 5.91 Å². The molecule has 0 spiro atoms. The van der Waals surface area contributed by atoms with Crippen molar-refractivity contribution in [3.8, 4) is 5.75 Å². The van der Waals surface area contributed by atoms with E-state index in [9.17, 15) is 4.79 Å². The number of hydrogen-bond acceptors (Lipinski definition) is 3. The highest BCUT2D eigenvalue weighted by Gasteiger charge is 2.30. The first-order valence-electron chi connectivity index (χ1n) is 8.84. The minimum Gasteiger partial charge on any atom is -0.494 e. The van der Waals surface area contributed by atoms with Gasteiger partial charge in [-0.2, -0.15) is 0 Å². The fourth-order valence-corrected chi connectivity index (χ4v) is 3.44. The topological polar surface area (TPSA) is 38.8 Å². The molecule has 2 aromatic carbocycles. The summed E-state index contributed by atoms with van der Waals surface area (Å²) < 4.78 is 10.7. The fraction of sp³-hybridized carbons (Fsp3) is 0.381. The van der Waals surface area contributed by atoms with Crippen LogP contribution in [-0.4, -0.2) is 31.1 Å². The molecule has 0 N–H and O–H groups in total. The molecule has 1 amide bonds. The van der Waals surface area contributed by atoms with Gasteiger partial charge >= 0.3 is 0 Å². The van der Waals surface area contributed by atoms with Gasteiger partial charge in [-0.3, -0.25) is 4.79 Å². The molecule has 4 nitrogen and oxygen atoms in total. The number of benzene rings is 2. The van der Waals surface area contributed by atoms with Crippen molar-refractivity contribution < 1.29 is 14.3 Å². The maximum atomic E-state index is 13.0. The summed E-state index contributed by atoms with van der Waals surface area (Å²) in [5, 5.41) is 0. The molecule has 0 radical (unpaired) electrons. The van der Waals surface area contributed by atoms with Crippen molar-refractivity contribution in [3.63, 3.8) is 0 Å². The molecule has 3 rings (SSSR count). The predicted octanol–water partition coefficient (Wildman–Crippen LogP) is 4.21. The van der Waals surface area contributed by atoms with E-state index in [1.165, 1.54) is 5.56 Å². The molecule has 1 unspecified atom stereocenters. The summed E-state index contributed by atoms with van der Waals surface area (Å²) in [5.41, 5.74) is 2.92. The number of hydrogen-bond donors (Lipinski definition) is 0. The van der Waals surface area contributed by atoms with E-state index in [2.05, 4.69) is 12.1 Å². The summed E-state index contributed by atoms with van der Waals surface area (Å²) in [6, 6.07) is 16.0. The minimum atomic E-state index is 0.0920. The number of methoxy groups -OCH3 is 1. The van der Waals surface area contributed by atoms with Crippen molar-refractivity contribution in [2.24, 2.45) is 0 Å². The maximum absolute atomic E-state index is 13.0. The lowest BCUT2D eigenvalue weighted by atomic mass is 10.0. The smallest absolute Gasteiger partial charge is 0.254 e. The summed E-state index contributed by atoms with van der Waals surface area (Å²) >= 11 is 0. The van der Waals surface area contributed by atoms with Crippen molar-refractivity contribution >= 4 is 5.91 Å². The monoisotopic (exact) mass is 339 g/mol. The number of carbonyl (C=O) groups is 1. The normalized spacial score (nSPS) is 16.9. The highest BCUT2D eigenvalue weighted by Crippen LogP contribution is 2.34. The van der Waals surface area contributed by atoms with Gasteiger partial charge in [-0.25, -0.2) is 0 Å². The van der Waals surface area contributed by atoms with Gasteiger partial charge in [-0.05, 0) is 55.2 Å². The van der Waals surface area contributed by atoms with E-state index in [4.69, 9.17) is 9.47 Å². The van der Waals surface area contributed by atoms with Crippen LogP contribution in [0.4, 0.5) is 0 Å². The van der Waals surface area contributed by atoms with Gasteiger partial charge in [0.2, 0.25) is 0 Å². The third kappa shape index (κ3) is 4.02. The Bertz CT molecular complexity index is 711. The lowest BCUT2D eigenvalue weighted by molar-refractivity contribution is 0.0735. The lowest BCUT2D eigenvalue weighted by Crippen LogP contribution is -2.30. The third-order valence-corrected chi connectivity index (χ3v) is 4.57. The molecule has 0 bridgehead atoms. The Morgan fingerprint density at radius 3 is 2.72 bits per heavy atom. The highest BCUT2D eigenvalue weighted by atomic mass is 16.5. The van der Waals surface area contributed by atoms with E-state index in [1.807, 2.05) is 48.2 Å². The van der Waals surface area contributed by atoms with Crippen LogP contribution in [-0.2, 0) is 11.3 Å². The molecule has 0 saturated carbocycles. The van der Waals surface area contributed by atoms with E-state index >= 15 is 0 Å². The van der Waals surface area contributed by atoms with E-state index in [1.54, 1.807) is 7.11 Å². The van der Waals surface area contributed by atoms with Crippen molar-refractivity contribution in [1.82, 2.24) is 4.90 Å². The molecule has 0 aromatic heterocycles. The molecule has 0 aliphatic carbocycles. The molecule has 2 aromatic rings. The van der Waals surface area contributed by atoms with Gasteiger partial charge in [0, 0.05) is 19.2 Å². The number of likely N-dealkylation sites (tertiary alicyclic amines) is 1. The molecule has 132 valence electrons. The summed E-state index contributed by atoms with van der Waals surface area (Å²) in [4.78, 5) is 15.0. The fourth-order valence-electron chi connectivity index (χ4n) is 3.44. The summed E-state index contributed by atoms with van der Waals surface area (Å²) in [6.45, 7) is 3.95. The van der Waals surface area contributed by atoms with Crippen LogP contribution >= 0.6 is 0 Å². The molecule has 25 heavy (non-hydrogen) atoms. The number of nitrogens with zero attached hydrogens (tertiary/aromatic N) is 1. The Labute approximate surface area is 149 Å². The Morgan fingerprint density at radius 2 is 2.00 bits per heavy atom. The van der Waals surface area contributed by atoms with E-state index in [0.29, 0.717) is 13.2 Å². The molecule has 1 fully saturated rings. The molecular weight excluding hydrogens is 314 g/mol. The van der Waals surface area contributed by atoms with Crippen molar-refractivity contribution in [3.05, 3.63) is 65.2 Å². The zero-order valence-corrected chi connectivity index (χ0v) is 14.9. The zero-order valence-electron chi connectivity index (χ0n) is 14.9. The SMILES string of the molecule is CCOc1ccc(C2CCCN2C(=O)c2cccc(COC)c2)cc1. The van der Waals surface area contributed by atoms with Crippen LogP contribution in [0.25, 0.3) is 0 Å².